The molecule has 0 aliphatic carbocycles. The molecular formula is C10H11BrO. The molecule has 2 heteroatoms. The average Bonchev–Trinajstić information content (AvgIpc) is 2.09. The third-order valence-electron chi connectivity index (χ3n) is 1.50. The van der Waals surface area contributed by atoms with Crippen LogP contribution in [-0.2, 0) is 0 Å². The molecule has 12 heavy (non-hydrogen) atoms. The molecular weight excluding hydrogens is 216 g/mol. The molecule has 1 rings (SSSR count). The van der Waals surface area contributed by atoms with Crippen molar-refractivity contribution in [1.82, 2.24) is 0 Å². The zero-order chi connectivity index (χ0) is 8.81. The Labute approximate surface area is 80.9 Å². The molecule has 0 saturated carbocycles. The van der Waals surface area contributed by atoms with E-state index in [0.29, 0.717) is 6.42 Å². The van der Waals surface area contributed by atoms with Crippen LogP contribution in [0, 0.1) is 0 Å². The first-order valence-corrected chi connectivity index (χ1v) is 4.66. The van der Waals surface area contributed by atoms with Crippen LogP contribution >= 0.6 is 15.9 Å². The van der Waals surface area contributed by atoms with Crippen LogP contribution in [0.4, 0.5) is 0 Å². The summed E-state index contributed by atoms with van der Waals surface area (Å²) in [6, 6.07) is 7.99. The van der Waals surface area contributed by atoms with Gasteiger partial charge in [-0.1, -0.05) is 46.3 Å². The molecule has 0 heterocycles. The summed E-state index contributed by atoms with van der Waals surface area (Å²) in [6.07, 6.45) is 4.67. The van der Waals surface area contributed by atoms with Crippen molar-refractivity contribution in [3.8, 4) is 0 Å². The predicted octanol–water partition coefficient (Wildman–Crippen LogP) is 2.84. The van der Waals surface area contributed by atoms with E-state index in [9.17, 15) is 0 Å². The van der Waals surface area contributed by atoms with Crippen LogP contribution < -0.4 is 0 Å². The molecule has 1 N–H and O–H groups in total. The lowest BCUT2D eigenvalue weighted by Gasteiger charge is -1.95. The van der Waals surface area contributed by atoms with Gasteiger partial charge in [-0.15, -0.1) is 0 Å². The van der Waals surface area contributed by atoms with Crippen molar-refractivity contribution in [3.63, 3.8) is 0 Å². The molecule has 64 valence electrons. The minimum absolute atomic E-state index is 0.209. The lowest BCUT2D eigenvalue weighted by Crippen LogP contribution is -1.77. The van der Waals surface area contributed by atoms with Crippen LogP contribution in [-0.4, -0.2) is 11.7 Å². The van der Waals surface area contributed by atoms with E-state index in [1.54, 1.807) is 0 Å². The van der Waals surface area contributed by atoms with Gasteiger partial charge in [-0.2, -0.15) is 0 Å². The van der Waals surface area contributed by atoms with Crippen LogP contribution in [0.15, 0.2) is 34.8 Å². The molecule has 1 aromatic rings. The van der Waals surface area contributed by atoms with Crippen LogP contribution in [0.1, 0.15) is 12.0 Å². The lowest BCUT2D eigenvalue weighted by molar-refractivity contribution is 0.303. The minimum Gasteiger partial charge on any atom is -0.396 e. The Kier molecular flexibility index (Phi) is 4.05. The zero-order valence-electron chi connectivity index (χ0n) is 6.70. The Balaban J connectivity index is 2.68. The summed E-state index contributed by atoms with van der Waals surface area (Å²) in [7, 11) is 0. The monoisotopic (exact) mass is 226 g/mol. The number of hydrogen-bond donors (Lipinski definition) is 1. The van der Waals surface area contributed by atoms with E-state index in [1.165, 1.54) is 0 Å². The van der Waals surface area contributed by atoms with Crippen molar-refractivity contribution in [1.29, 1.82) is 0 Å². The fourth-order valence-corrected chi connectivity index (χ4v) is 1.31. The van der Waals surface area contributed by atoms with Gasteiger partial charge in [-0.3, -0.25) is 0 Å². The van der Waals surface area contributed by atoms with Gasteiger partial charge in [0.1, 0.15) is 0 Å². The number of hydrogen-bond acceptors (Lipinski definition) is 1. The molecule has 0 fully saturated rings. The second-order valence-electron chi connectivity index (χ2n) is 2.44. The summed E-state index contributed by atoms with van der Waals surface area (Å²) >= 11 is 3.43. The van der Waals surface area contributed by atoms with E-state index < -0.39 is 0 Å². The molecule has 1 aromatic carbocycles. The molecule has 0 bridgehead atoms. The number of aliphatic hydroxyl groups is 1. The maximum atomic E-state index is 8.55. The molecule has 0 spiro atoms. The Bertz CT molecular complexity index is 268. The van der Waals surface area contributed by atoms with E-state index in [4.69, 9.17) is 5.11 Å². The van der Waals surface area contributed by atoms with Gasteiger partial charge >= 0.3 is 0 Å². The quantitative estimate of drug-likeness (QED) is 0.841. The third kappa shape index (κ3) is 2.80. The number of benzene rings is 1. The average molecular weight is 227 g/mol. The summed E-state index contributed by atoms with van der Waals surface area (Å²) in [5.74, 6) is 0. The number of aliphatic hydroxyl groups excluding tert-OH is 1. The number of halogens is 1. The lowest BCUT2D eigenvalue weighted by atomic mass is 10.2. The van der Waals surface area contributed by atoms with Crippen molar-refractivity contribution in [3.05, 3.63) is 40.4 Å². The summed E-state index contributed by atoms with van der Waals surface area (Å²) < 4.78 is 1.08. The SMILES string of the molecule is OCCC=Cc1ccccc1Br. The third-order valence-corrected chi connectivity index (χ3v) is 2.22. The van der Waals surface area contributed by atoms with E-state index in [0.717, 1.165) is 10.0 Å². The molecule has 0 saturated heterocycles. The van der Waals surface area contributed by atoms with Crippen molar-refractivity contribution in [2.45, 2.75) is 6.42 Å². The highest BCUT2D eigenvalue weighted by atomic mass is 79.9. The van der Waals surface area contributed by atoms with Gasteiger partial charge in [-0.25, -0.2) is 0 Å². The Morgan fingerprint density at radius 2 is 2.08 bits per heavy atom. The van der Waals surface area contributed by atoms with E-state index in [2.05, 4.69) is 15.9 Å². The molecule has 1 nitrogen and oxygen atoms in total. The zero-order valence-corrected chi connectivity index (χ0v) is 8.29. The maximum absolute atomic E-state index is 8.55. The van der Waals surface area contributed by atoms with Crippen LogP contribution in [0.3, 0.4) is 0 Å². The highest BCUT2D eigenvalue weighted by Crippen LogP contribution is 2.17. The van der Waals surface area contributed by atoms with Crippen LogP contribution in [0.5, 0.6) is 0 Å². The van der Waals surface area contributed by atoms with Gasteiger partial charge < -0.3 is 5.11 Å². The largest absolute Gasteiger partial charge is 0.396 e. The maximum Gasteiger partial charge on any atom is 0.0465 e. The molecule has 0 radical (unpaired) electrons. The van der Waals surface area contributed by atoms with Crippen molar-refractivity contribution >= 4 is 22.0 Å². The smallest absolute Gasteiger partial charge is 0.0465 e. The molecule has 0 atom stereocenters. The molecule has 0 aliphatic rings. The second-order valence-corrected chi connectivity index (χ2v) is 3.29. The fourth-order valence-electron chi connectivity index (χ4n) is 0.895. The van der Waals surface area contributed by atoms with Gasteiger partial charge in [0.2, 0.25) is 0 Å². The predicted molar refractivity (Wildman–Crippen MR) is 54.9 cm³/mol. The standard InChI is InChI=1S/C10H11BrO/c11-10-7-2-1-5-9(10)6-3-4-8-12/h1-3,5-7,12H,4,8H2. The summed E-state index contributed by atoms with van der Waals surface area (Å²) in [5, 5.41) is 8.55. The minimum atomic E-state index is 0.209. The molecule has 0 unspecified atom stereocenters. The van der Waals surface area contributed by atoms with Crippen molar-refractivity contribution < 1.29 is 5.11 Å². The first-order valence-electron chi connectivity index (χ1n) is 3.86. The van der Waals surface area contributed by atoms with E-state index >= 15 is 0 Å². The molecule has 0 aromatic heterocycles. The summed E-state index contributed by atoms with van der Waals surface area (Å²) in [6.45, 7) is 0.209. The summed E-state index contributed by atoms with van der Waals surface area (Å²) in [4.78, 5) is 0. The van der Waals surface area contributed by atoms with Gasteiger partial charge in [0.05, 0.1) is 0 Å². The first kappa shape index (κ1) is 9.49. The Hall–Kier alpha value is -0.600. The highest BCUT2D eigenvalue weighted by molar-refractivity contribution is 9.10. The fraction of sp³-hybridized carbons (Fsp3) is 0.200. The van der Waals surface area contributed by atoms with Crippen LogP contribution in [0.25, 0.3) is 6.08 Å². The topological polar surface area (TPSA) is 20.2 Å². The second kappa shape index (κ2) is 5.12. The first-order chi connectivity index (χ1) is 5.84. The van der Waals surface area contributed by atoms with Gasteiger partial charge in [0.15, 0.2) is 0 Å². The number of rotatable bonds is 3. The van der Waals surface area contributed by atoms with Crippen LogP contribution in [0.2, 0.25) is 0 Å². The van der Waals surface area contributed by atoms with Gasteiger partial charge in [0.25, 0.3) is 0 Å². The van der Waals surface area contributed by atoms with Crippen molar-refractivity contribution in [2.24, 2.45) is 0 Å². The van der Waals surface area contributed by atoms with Gasteiger partial charge in [0, 0.05) is 11.1 Å². The van der Waals surface area contributed by atoms with E-state index in [1.807, 2.05) is 36.4 Å². The molecule has 0 amide bonds. The molecule has 0 aliphatic heterocycles. The normalized spacial score (nSPS) is 10.8. The van der Waals surface area contributed by atoms with E-state index in [-0.39, 0.29) is 6.61 Å². The Morgan fingerprint density at radius 3 is 2.75 bits per heavy atom. The summed E-state index contributed by atoms with van der Waals surface area (Å²) in [5.41, 5.74) is 1.14. The highest BCUT2D eigenvalue weighted by Gasteiger charge is 1.90. The van der Waals surface area contributed by atoms with Crippen molar-refractivity contribution in [2.75, 3.05) is 6.61 Å². The van der Waals surface area contributed by atoms with Gasteiger partial charge in [-0.05, 0) is 18.1 Å². The Morgan fingerprint density at radius 1 is 1.33 bits per heavy atom.